The summed E-state index contributed by atoms with van der Waals surface area (Å²) in [6.45, 7) is 5.13. The Kier molecular flexibility index (Phi) is 4.66. The number of piperidine rings is 1. The van der Waals surface area contributed by atoms with E-state index in [4.69, 9.17) is 15.2 Å². The fraction of sp³-hybridized carbons (Fsp3) is 0.600. The molecule has 19 heavy (non-hydrogen) atoms. The third kappa shape index (κ3) is 3.19. The van der Waals surface area contributed by atoms with Crippen LogP contribution in [0.15, 0.2) is 18.2 Å². The van der Waals surface area contributed by atoms with Gasteiger partial charge in [-0.3, -0.25) is 4.90 Å². The predicted molar refractivity (Wildman–Crippen MR) is 76.6 cm³/mol. The van der Waals surface area contributed by atoms with Crippen molar-refractivity contribution in [2.45, 2.75) is 25.9 Å². The minimum absolute atomic E-state index is 0.269. The van der Waals surface area contributed by atoms with Crippen molar-refractivity contribution in [3.8, 4) is 11.5 Å². The average molecular weight is 264 g/mol. The van der Waals surface area contributed by atoms with Gasteiger partial charge in [-0.25, -0.2) is 0 Å². The molecular weight excluding hydrogens is 240 g/mol. The highest BCUT2D eigenvalue weighted by molar-refractivity contribution is 5.46. The summed E-state index contributed by atoms with van der Waals surface area (Å²) in [5, 5.41) is 0. The first-order valence-electron chi connectivity index (χ1n) is 6.83. The van der Waals surface area contributed by atoms with E-state index in [0.29, 0.717) is 5.92 Å². The van der Waals surface area contributed by atoms with Crippen LogP contribution in [0.2, 0.25) is 0 Å². The minimum atomic E-state index is 0.269. The molecule has 0 aromatic heterocycles. The Morgan fingerprint density at radius 1 is 1.32 bits per heavy atom. The van der Waals surface area contributed by atoms with Crippen molar-refractivity contribution >= 4 is 0 Å². The largest absolute Gasteiger partial charge is 0.493 e. The maximum absolute atomic E-state index is 6.15. The summed E-state index contributed by atoms with van der Waals surface area (Å²) in [5.74, 6) is 2.23. The summed E-state index contributed by atoms with van der Waals surface area (Å²) < 4.78 is 10.8. The molecular formula is C15H24N2O2. The van der Waals surface area contributed by atoms with Gasteiger partial charge in [0.05, 0.1) is 14.2 Å². The van der Waals surface area contributed by atoms with Gasteiger partial charge in [-0.15, -0.1) is 0 Å². The van der Waals surface area contributed by atoms with E-state index in [1.54, 1.807) is 14.2 Å². The summed E-state index contributed by atoms with van der Waals surface area (Å²) >= 11 is 0. The first kappa shape index (κ1) is 14.2. The molecule has 1 aliphatic heterocycles. The van der Waals surface area contributed by atoms with E-state index in [0.717, 1.165) is 43.1 Å². The molecule has 4 nitrogen and oxygen atoms in total. The Hall–Kier alpha value is -1.26. The molecule has 0 aliphatic carbocycles. The molecule has 0 spiro atoms. The fourth-order valence-corrected chi connectivity index (χ4v) is 2.63. The van der Waals surface area contributed by atoms with Crippen LogP contribution in [0, 0.1) is 5.92 Å². The van der Waals surface area contributed by atoms with E-state index < -0.39 is 0 Å². The number of hydrogen-bond donors (Lipinski definition) is 1. The smallest absolute Gasteiger partial charge is 0.165 e. The zero-order valence-electron chi connectivity index (χ0n) is 12.1. The van der Waals surface area contributed by atoms with Gasteiger partial charge in [0.1, 0.15) is 0 Å². The second-order valence-electron chi connectivity index (χ2n) is 5.32. The van der Waals surface area contributed by atoms with E-state index >= 15 is 0 Å². The summed E-state index contributed by atoms with van der Waals surface area (Å²) in [6.07, 6.45) is 1.16. The highest BCUT2D eigenvalue weighted by atomic mass is 16.5. The van der Waals surface area contributed by atoms with Crippen molar-refractivity contribution in [1.82, 2.24) is 4.90 Å². The SMILES string of the molecule is COc1cccc(CN2CCC(C)C(N)C2)c1OC. The standard InChI is InChI=1S/C15H24N2O2/c1-11-7-8-17(10-13(11)16)9-12-5-4-6-14(18-2)15(12)19-3/h4-6,11,13H,7-10,16H2,1-3H3. The molecule has 1 heterocycles. The highest BCUT2D eigenvalue weighted by Crippen LogP contribution is 2.32. The van der Waals surface area contributed by atoms with E-state index in [2.05, 4.69) is 17.9 Å². The van der Waals surface area contributed by atoms with Gasteiger partial charge in [-0.05, 0) is 24.9 Å². The second kappa shape index (κ2) is 6.26. The van der Waals surface area contributed by atoms with E-state index in [-0.39, 0.29) is 6.04 Å². The zero-order valence-corrected chi connectivity index (χ0v) is 12.1. The Bertz CT molecular complexity index is 423. The lowest BCUT2D eigenvalue weighted by molar-refractivity contribution is 0.160. The fourth-order valence-electron chi connectivity index (χ4n) is 2.63. The van der Waals surface area contributed by atoms with Crippen LogP contribution < -0.4 is 15.2 Å². The second-order valence-corrected chi connectivity index (χ2v) is 5.32. The van der Waals surface area contributed by atoms with Gasteiger partial charge in [-0.2, -0.15) is 0 Å². The topological polar surface area (TPSA) is 47.7 Å². The number of likely N-dealkylation sites (tertiary alicyclic amines) is 1. The third-order valence-corrected chi connectivity index (χ3v) is 3.98. The van der Waals surface area contributed by atoms with Crippen molar-refractivity contribution in [2.75, 3.05) is 27.3 Å². The maximum atomic E-state index is 6.15. The summed E-state index contributed by atoms with van der Waals surface area (Å²) in [5.41, 5.74) is 7.31. The quantitative estimate of drug-likeness (QED) is 0.902. The first-order chi connectivity index (χ1) is 9.15. The van der Waals surface area contributed by atoms with Crippen LogP contribution in [0.3, 0.4) is 0 Å². The lowest BCUT2D eigenvalue weighted by atomic mass is 9.94. The summed E-state index contributed by atoms with van der Waals surface area (Å²) in [6, 6.07) is 6.28. The van der Waals surface area contributed by atoms with Gasteiger partial charge in [0, 0.05) is 24.7 Å². The number of hydrogen-bond acceptors (Lipinski definition) is 4. The van der Waals surface area contributed by atoms with Gasteiger partial charge < -0.3 is 15.2 Å². The highest BCUT2D eigenvalue weighted by Gasteiger charge is 2.24. The van der Waals surface area contributed by atoms with Gasteiger partial charge in [0.15, 0.2) is 11.5 Å². The van der Waals surface area contributed by atoms with E-state index in [9.17, 15) is 0 Å². The molecule has 1 aliphatic rings. The van der Waals surface area contributed by atoms with Gasteiger partial charge >= 0.3 is 0 Å². The predicted octanol–water partition coefficient (Wildman–Crippen LogP) is 1.87. The number of methoxy groups -OCH3 is 2. The zero-order chi connectivity index (χ0) is 13.8. The van der Waals surface area contributed by atoms with E-state index in [1.807, 2.05) is 12.1 Å². The molecule has 2 unspecified atom stereocenters. The number of rotatable bonds is 4. The van der Waals surface area contributed by atoms with Crippen LogP contribution in [0.5, 0.6) is 11.5 Å². The minimum Gasteiger partial charge on any atom is -0.493 e. The van der Waals surface area contributed by atoms with Gasteiger partial charge in [0.25, 0.3) is 0 Å². The molecule has 4 heteroatoms. The molecule has 1 aromatic carbocycles. The monoisotopic (exact) mass is 264 g/mol. The number of nitrogens with zero attached hydrogens (tertiary/aromatic N) is 1. The van der Waals surface area contributed by atoms with Crippen LogP contribution in [-0.4, -0.2) is 38.3 Å². The lowest BCUT2D eigenvalue weighted by Gasteiger charge is -2.35. The number of para-hydroxylation sites is 1. The van der Waals surface area contributed by atoms with Crippen molar-refractivity contribution in [2.24, 2.45) is 11.7 Å². The summed E-state index contributed by atoms with van der Waals surface area (Å²) in [4.78, 5) is 2.39. The number of nitrogens with two attached hydrogens (primary N) is 1. The van der Waals surface area contributed by atoms with Crippen LogP contribution in [0.25, 0.3) is 0 Å². The number of ether oxygens (including phenoxy) is 2. The molecule has 0 amide bonds. The van der Waals surface area contributed by atoms with Crippen LogP contribution in [-0.2, 0) is 6.54 Å². The molecule has 1 saturated heterocycles. The van der Waals surface area contributed by atoms with Crippen LogP contribution in [0.1, 0.15) is 18.9 Å². The molecule has 0 bridgehead atoms. The average Bonchev–Trinajstić information content (AvgIpc) is 2.42. The Morgan fingerprint density at radius 3 is 2.74 bits per heavy atom. The molecule has 0 radical (unpaired) electrons. The van der Waals surface area contributed by atoms with Gasteiger partial charge in [-0.1, -0.05) is 19.1 Å². The van der Waals surface area contributed by atoms with E-state index in [1.165, 1.54) is 0 Å². The Balaban J connectivity index is 2.11. The van der Waals surface area contributed by atoms with Crippen molar-refractivity contribution < 1.29 is 9.47 Å². The molecule has 2 atom stereocenters. The third-order valence-electron chi connectivity index (χ3n) is 3.98. The summed E-state index contributed by atoms with van der Waals surface area (Å²) in [7, 11) is 3.35. The van der Waals surface area contributed by atoms with Crippen molar-refractivity contribution in [3.63, 3.8) is 0 Å². The Morgan fingerprint density at radius 2 is 2.11 bits per heavy atom. The molecule has 106 valence electrons. The van der Waals surface area contributed by atoms with Crippen molar-refractivity contribution in [3.05, 3.63) is 23.8 Å². The Labute approximate surface area is 115 Å². The molecule has 1 aromatic rings. The molecule has 1 fully saturated rings. The molecule has 2 N–H and O–H groups in total. The lowest BCUT2D eigenvalue weighted by Crippen LogP contribution is -2.47. The first-order valence-corrected chi connectivity index (χ1v) is 6.83. The maximum Gasteiger partial charge on any atom is 0.165 e. The van der Waals surface area contributed by atoms with Crippen LogP contribution >= 0.6 is 0 Å². The molecule has 2 rings (SSSR count). The number of benzene rings is 1. The van der Waals surface area contributed by atoms with Crippen molar-refractivity contribution in [1.29, 1.82) is 0 Å². The normalized spacial score (nSPS) is 24.2. The van der Waals surface area contributed by atoms with Crippen LogP contribution in [0.4, 0.5) is 0 Å². The molecule has 0 saturated carbocycles. The van der Waals surface area contributed by atoms with Gasteiger partial charge in [0.2, 0.25) is 0 Å².